The van der Waals surface area contributed by atoms with Crippen molar-refractivity contribution >= 4 is 5.69 Å². The Kier molecular flexibility index (Phi) is 4.02. The second kappa shape index (κ2) is 5.52. The highest BCUT2D eigenvalue weighted by Crippen LogP contribution is 2.13. The third kappa shape index (κ3) is 3.45. The van der Waals surface area contributed by atoms with Crippen LogP contribution in [0.3, 0.4) is 0 Å². The van der Waals surface area contributed by atoms with Crippen LogP contribution >= 0.6 is 0 Å². The lowest BCUT2D eigenvalue weighted by molar-refractivity contribution is 0.155. The minimum Gasteiger partial charge on any atom is -0.399 e. The number of hydrogen-bond acceptors (Lipinski definition) is 3. The van der Waals surface area contributed by atoms with Gasteiger partial charge in [-0.15, -0.1) is 0 Å². The third-order valence-corrected chi connectivity index (χ3v) is 3.65. The molecule has 1 aliphatic heterocycles. The lowest BCUT2D eigenvalue weighted by Gasteiger charge is -2.32. The van der Waals surface area contributed by atoms with E-state index in [9.17, 15) is 0 Å². The van der Waals surface area contributed by atoms with E-state index < -0.39 is 0 Å². The van der Waals surface area contributed by atoms with Crippen LogP contribution in [0.4, 0.5) is 5.69 Å². The molecule has 94 valence electrons. The summed E-state index contributed by atoms with van der Waals surface area (Å²) in [5.41, 5.74) is 9.32. The van der Waals surface area contributed by atoms with E-state index in [-0.39, 0.29) is 0 Å². The van der Waals surface area contributed by atoms with Gasteiger partial charge in [-0.1, -0.05) is 12.1 Å². The summed E-state index contributed by atoms with van der Waals surface area (Å²) in [5, 5.41) is 0. The largest absolute Gasteiger partial charge is 0.399 e. The average molecular weight is 233 g/mol. The zero-order valence-electron chi connectivity index (χ0n) is 10.9. The summed E-state index contributed by atoms with van der Waals surface area (Å²) in [5.74, 6) is 0. The van der Waals surface area contributed by atoms with Crippen LogP contribution in [0.25, 0.3) is 0 Å². The normalized spacial score (nSPS) is 18.5. The van der Waals surface area contributed by atoms with Crippen LogP contribution in [0.1, 0.15) is 11.1 Å². The van der Waals surface area contributed by atoms with E-state index in [1.54, 1.807) is 0 Å². The van der Waals surface area contributed by atoms with E-state index in [4.69, 9.17) is 5.73 Å². The van der Waals surface area contributed by atoms with Gasteiger partial charge in [-0.2, -0.15) is 0 Å². The second-order valence-corrected chi connectivity index (χ2v) is 5.09. The summed E-state index contributed by atoms with van der Waals surface area (Å²) in [6, 6.07) is 6.39. The van der Waals surface area contributed by atoms with E-state index >= 15 is 0 Å². The summed E-state index contributed by atoms with van der Waals surface area (Å²) in [6.07, 6.45) is 1.13. The molecule has 0 bridgehead atoms. The van der Waals surface area contributed by atoms with Gasteiger partial charge >= 0.3 is 0 Å². The van der Waals surface area contributed by atoms with Gasteiger partial charge in [0.05, 0.1) is 0 Å². The molecule has 0 unspecified atom stereocenters. The van der Waals surface area contributed by atoms with Gasteiger partial charge in [0.15, 0.2) is 0 Å². The molecule has 3 heteroatoms. The summed E-state index contributed by atoms with van der Waals surface area (Å²) < 4.78 is 0. The first-order valence-corrected chi connectivity index (χ1v) is 6.41. The van der Waals surface area contributed by atoms with Crippen molar-refractivity contribution in [1.82, 2.24) is 9.80 Å². The molecule has 0 spiro atoms. The fourth-order valence-corrected chi connectivity index (χ4v) is 2.25. The number of nitrogen functional groups attached to an aromatic ring is 1. The van der Waals surface area contributed by atoms with Gasteiger partial charge in [-0.3, -0.25) is 0 Å². The number of anilines is 1. The monoisotopic (exact) mass is 233 g/mol. The van der Waals surface area contributed by atoms with Crippen LogP contribution in [0.5, 0.6) is 0 Å². The number of rotatable bonds is 3. The zero-order valence-corrected chi connectivity index (χ0v) is 10.9. The van der Waals surface area contributed by atoms with E-state index in [2.05, 4.69) is 35.9 Å². The molecule has 1 fully saturated rings. The van der Waals surface area contributed by atoms with Crippen molar-refractivity contribution in [3.63, 3.8) is 0 Å². The summed E-state index contributed by atoms with van der Waals surface area (Å²) in [7, 11) is 2.20. The van der Waals surface area contributed by atoms with Crippen LogP contribution < -0.4 is 5.73 Å². The molecular weight excluding hydrogens is 210 g/mol. The van der Waals surface area contributed by atoms with Crippen molar-refractivity contribution < 1.29 is 0 Å². The number of aryl methyl sites for hydroxylation is 1. The molecule has 1 aromatic rings. The average Bonchev–Trinajstić information content (AvgIpc) is 2.33. The molecular formula is C14H23N3. The van der Waals surface area contributed by atoms with E-state index in [1.807, 2.05) is 6.07 Å². The van der Waals surface area contributed by atoms with Crippen molar-refractivity contribution in [1.29, 1.82) is 0 Å². The van der Waals surface area contributed by atoms with Crippen LogP contribution in [-0.2, 0) is 6.42 Å². The molecule has 2 rings (SSSR count). The first kappa shape index (κ1) is 12.4. The van der Waals surface area contributed by atoms with Gasteiger partial charge in [0.2, 0.25) is 0 Å². The van der Waals surface area contributed by atoms with E-state index in [0.29, 0.717) is 0 Å². The van der Waals surface area contributed by atoms with Gasteiger partial charge < -0.3 is 15.5 Å². The maximum Gasteiger partial charge on any atom is 0.0343 e. The van der Waals surface area contributed by atoms with Crippen molar-refractivity contribution in [2.24, 2.45) is 0 Å². The highest BCUT2D eigenvalue weighted by atomic mass is 15.2. The molecule has 0 aromatic heterocycles. The molecule has 2 N–H and O–H groups in total. The first-order valence-electron chi connectivity index (χ1n) is 6.41. The lowest BCUT2D eigenvalue weighted by atomic mass is 10.1. The van der Waals surface area contributed by atoms with Crippen LogP contribution in [0.2, 0.25) is 0 Å². The van der Waals surface area contributed by atoms with Gasteiger partial charge in [0.25, 0.3) is 0 Å². The molecule has 0 amide bonds. The number of nitrogens with zero attached hydrogens (tertiary/aromatic N) is 2. The molecule has 1 aliphatic rings. The minimum atomic E-state index is 0.897. The maximum atomic E-state index is 5.83. The molecule has 3 nitrogen and oxygen atoms in total. The van der Waals surface area contributed by atoms with Crippen molar-refractivity contribution in [3.05, 3.63) is 29.3 Å². The second-order valence-electron chi connectivity index (χ2n) is 5.09. The summed E-state index contributed by atoms with van der Waals surface area (Å²) in [4.78, 5) is 4.94. The molecule has 1 saturated heterocycles. The van der Waals surface area contributed by atoms with Crippen LogP contribution in [-0.4, -0.2) is 49.6 Å². The van der Waals surface area contributed by atoms with Crippen molar-refractivity contribution in [2.75, 3.05) is 45.5 Å². The van der Waals surface area contributed by atoms with Crippen LogP contribution in [0, 0.1) is 6.92 Å². The third-order valence-electron chi connectivity index (χ3n) is 3.65. The number of likely N-dealkylation sites (N-methyl/N-ethyl adjacent to an activating group) is 1. The zero-order chi connectivity index (χ0) is 12.3. The highest BCUT2D eigenvalue weighted by Gasteiger charge is 2.13. The minimum absolute atomic E-state index is 0.897. The SMILES string of the molecule is Cc1cc(CCN2CCN(C)CC2)ccc1N. The standard InChI is InChI=1S/C14H23N3/c1-12-11-13(3-4-14(12)15)5-6-17-9-7-16(2)8-10-17/h3-4,11H,5-10,15H2,1-2H3. The Morgan fingerprint density at radius 1 is 1.18 bits per heavy atom. The highest BCUT2D eigenvalue weighted by molar-refractivity contribution is 5.47. The Labute approximate surface area is 104 Å². The Morgan fingerprint density at radius 2 is 1.88 bits per heavy atom. The lowest BCUT2D eigenvalue weighted by Crippen LogP contribution is -2.45. The maximum absolute atomic E-state index is 5.83. The number of hydrogen-bond donors (Lipinski definition) is 1. The smallest absolute Gasteiger partial charge is 0.0343 e. The van der Waals surface area contributed by atoms with Gasteiger partial charge in [-0.05, 0) is 37.6 Å². The quantitative estimate of drug-likeness (QED) is 0.800. The van der Waals surface area contributed by atoms with E-state index in [0.717, 1.165) is 18.7 Å². The van der Waals surface area contributed by atoms with Gasteiger partial charge in [-0.25, -0.2) is 0 Å². The Hall–Kier alpha value is -1.06. The Balaban J connectivity index is 1.83. The molecule has 17 heavy (non-hydrogen) atoms. The van der Waals surface area contributed by atoms with Gasteiger partial charge in [0, 0.05) is 38.4 Å². The fraction of sp³-hybridized carbons (Fsp3) is 0.571. The topological polar surface area (TPSA) is 32.5 Å². The van der Waals surface area contributed by atoms with Crippen LogP contribution in [0.15, 0.2) is 18.2 Å². The van der Waals surface area contributed by atoms with Crippen molar-refractivity contribution in [2.45, 2.75) is 13.3 Å². The van der Waals surface area contributed by atoms with E-state index in [1.165, 1.54) is 37.3 Å². The number of nitrogens with two attached hydrogens (primary N) is 1. The van der Waals surface area contributed by atoms with Gasteiger partial charge in [0.1, 0.15) is 0 Å². The molecule has 0 radical (unpaired) electrons. The fourth-order valence-electron chi connectivity index (χ4n) is 2.25. The first-order chi connectivity index (χ1) is 8.15. The Morgan fingerprint density at radius 3 is 2.53 bits per heavy atom. The Bertz CT molecular complexity index is 368. The number of benzene rings is 1. The molecule has 1 heterocycles. The molecule has 0 saturated carbocycles. The molecule has 0 atom stereocenters. The predicted octanol–water partition coefficient (Wildman–Crippen LogP) is 1.37. The predicted molar refractivity (Wildman–Crippen MR) is 73.2 cm³/mol. The molecule has 1 aromatic carbocycles. The molecule has 0 aliphatic carbocycles. The summed E-state index contributed by atoms with van der Waals surface area (Å²) in [6.45, 7) is 8.03. The summed E-state index contributed by atoms with van der Waals surface area (Å²) >= 11 is 0. The van der Waals surface area contributed by atoms with Crippen molar-refractivity contribution in [3.8, 4) is 0 Å². The number of piperazine rings is 1.